The number of hydrogen-bond donors (Lipinski definition) is 3. The van der Waals surface area contributed by atoms with Gasteiger partial charge in [-0.2, -0.15) is 0 Å². The van der Waals surface area contributed by atoms with Crippen LogP contribution in [0, 0.1) is 0 Å². The second kappa shape index (κ2) is 9.53. The van der Waals surface area contributed by atoms with E-state index in [-0.39, 0.29) is 17.0 Å². The van der Waals surface area contributed by atoms with E-state index in [0.29, 0.717) is 50.4 Å². The van der Waals surface area contributed by atoms with E-state index in [2.05, 4.69) is 26.2 Å². The summed E-state index contributed by atoms with van der Waals surface area (Å²) in [6.07, 6.45) is 0. The molecule has 0 unspecified atom stereocenters. The van der Waals surface area contributed by atoms with Crippen molar-refractivity contribution in [3.63, 3.8) is 0 Å². The van der Waals surface area contributed by atoms with Gasteiger partial charge in [-0.15, -0.1) is 0 Å². The van der Waals surface area contributed by atoms with E-state index in [1.165, 1.54) is 6.07 Å². The predicted molar refractivity (Wildman–Crippen MR) is 95.3 cm³/mol. The lowest BCUT2D eigenvalue weighted by atomic mass is 10.2. The molecular weight excluding hydrogens is 378 g/mol. The maximum Gasteiger partial charge on any atom is 0.267 e. The van der Waals surface area contributed by atoms with Crippen LogP contribution in [0.15, 0.2) is 33.5 Å². The van der Waals surface area contributed by atoms with Gasteiger partial charge in [0.05, 0.1) is 26.4 Å². The second-order valence-electron chi connectivity index (χ2n) is 5.01. The minimum Gasteiger partial charge on any atom is -0.378 e. The first kappa shape index (κ1) is 18.6. The zero-order valence-corrected chi connectivity index (χ0v) is 14.7. The van der Waals surface area contributed by atoms with E-state index in [4.69, 9.17) is 15.2 Å². The molecule has 0 aliphatic rings. The number of aromatic nitrogens is 1. The molecule has 1 amide bonds. The number of nitrogens with one attached hydrogen (secondary N) is 2. The number of amides is 1. The van der Waals surface area contributed by atoms with Crippen molar-refractivity contribution in [1.29, 1.82) is 0 Å². The number of benzene rings is 1. The summed E-state index contributed by atoms with van der Waals surface area (Å²) in [5.74, 6) is -0.347. The molecule has 8 heteroatoms. The standard InChI is InChI=1S/C16H20BrN3O4/c17-11-1-2-13-12(9-11)15(21)10-14(20-13)16(22)19-4-6-24-8-7-23-5-3-18/h1-2,9-10H,3-8,18H2,(H,19,22)(H,20,21). The first-order valence-corrected chi connectivity index (χ1v) is 8.37. The molecule has 0 atom stereocenters. The van der Waals surface area contributed by atoms with Crippen LogP contribution < -0.4 is 16.5 Å². The lowest BCUT2D eigenvalue weighted by Crippen LogP contribution is -2.29. The van der Waals surface area contributed by atoms with Crippen LogP contribution in [0.25, 0.3) is 10.9 Å². The van der Waals surface area contributed by atoms with Gasteiger partial charge in [-0.25, -0.2) is 0 Å². The number of carbonyl (C=O) groups excluding carboxylic acids is 1. The van der Waals surface area contributed by atoms with Gasteiger partial charge >= 0.3 is 0 Å². The summed E-state index contributed by atoms with van der Waals surface area (Å²) in [6.45, 7) is 2.61. The zero-order chi connectivity index (χ0) is 17.4. The maximum atomic E-state index is 12.1. The van der Waals surface area contributed by atoms with Gasteiger partial charge in [0.1, 0.15) is 5.69 Å². The van der Waals surface area contributed by atoms with Crippen LogP contribution in [0.2, 0.25) is 0 Å². The highest BCUT2D eigenvalue weighted by Gasteiger charge is 2.09. The van der Waals surface area contributed by atoms with Crippen LogP contribution >= 0.6 is 15.9 Å². The predicted octanol–water partition coefficient (Wildman–Crippen LogP) is 1.01. The van der Waals surface area contributed by atoms with E-state index in [0.717, 1.165) is 4.47 Å². The highest BCUT2D eigenvalue weighted by molar-refractivity contribution is 9.10. The Hall–Kier alpha value is -1.74. The lowest BCUT2D eigenvalue weighted by Gasteiger charge is -2.08. The Bertz CT molecular complexity index is 748. The number of rotatable bonds is 9. The fraction of sp³-hybridized carbons (Fsp3) is 0.375. The van der Waals surface area contributed by atoms with E-state index < -0.39 is 0 Å². The Balaban J connectivity index is 1.83. The molecule has 2 rings (SSSR count). The molecular formula is C16H20BrN3O4. The Morgan fingerprint density at radius 3 is 2.67 bits per heavy atom. The molecule has 0 saturated carbocycles. The van der Waals surface area contributed by atoms with Crippen molar-refractivity contribution in [1.82, 2.24) is 10.3 Å². The monoisotopic (exact) mass is 397 g/mol. The molecule has 0 aliphatic heterocycles. The Labute approximate surface area is 147 Å². The van der Waals surface area contributed by atoms with E-state index >= 15 is 0 Å². The zero-order valence-electron chi connectivity index (χ0n) is 13.1. The van der Waals surface area contributed by atoms with Gasteiger partial charge in [-0.3, -0.25) is 9.59 Å². The van der Waals surface area contributed by atoms with Gasteiger partial charge in [-0.1, -0.05) is 15.9 Å². The van der Waals surface area contributed by atoms with Crippen molar-refractivity contribution >= 4 is 32.7 Å². The summed E-state index contributed by atoms with van der Waals surface area (Å²) < 4.78 is 11.3. The summed E-state index contributed by atoms with van der Waals surface area (Å²) in [5.41, 5.74) is 5.92. The van der Waals surface area contributed by atoms with Gasteiger partial charge in [0.2, 0.25) is 0 Å². The Morgan fingerprint density at radius 1 is 1.17 bits per heavy atom. The average Bonchev–Trinajstić information content (AvgIpc) is 2.57. The van der Waals surface area contributed by atoms with Gasteiger partial charge in [-0.05, 0) is 18.2 Å². The lowest BCUT2D eigenvalue weighted by molar-refractivity contribution is 0.0511. The molecule has 0 radical (unpaired) electrons. The molecule has 4 N–H and O–H groups in total. The molecule has 0 saturated heterocycles. The number of H-pyrrole nitrogens is 1. The van der Waals surface area contributed by atoms with E-state index in [1.807, 2.05) is 0 Å². The number of halogens is 1. The summed E-state index contributed by atoms with van der Waals surface area (Å²) in [7, 11) is 0. The molecule has 1 aromatic carbocycles. The first-order valence-electron chi connectivity index (χ1n) is 7.58. The fourth-order valence-electron chi connectivity index (χ4n) is 2.08. The Morgan fingerprint density at radius 2 is 1.92 bits per heavy atom. The molecule has 0 aliphatic carbocycles. The van der Waals surface area contributed by atoms with Crippen LogP contribution in [-0.2, 0) is 9.47 Å². The quantitative estimate of drug-likeness (QED) is 0.547. The summed E-state index contributed by atoms with van der Waals surface area (Å²) in [4.78, 5) is 27.2. The molecule has 1 heterocycles. The topological polar surface area (TPSA) is 106 Å². The van der Waals surface area contributed by atoms with Gasteiger partial charge in [0, 0.05) is 34.5 Å². The normalized spacial score (nSPS) is 10.9. The van der Waals surface area contributed by atoms with Gasteiger partial charge in [0.25, 0.3) is 5.91 Å². The van der Waals surface area contributed by atoms with Crippen molar-refractivity contribution in [2.75, 3.05) is 39.5 Å². The fourth-order valence-corrected chi connectivity index (χ4v) is 2.44. The van der Waals surface area contributed by atoms with Gasteiger partial charge < -0.3 is 25.5 Å². The number of aromatic amines is 1. The minimum absolute atomic E-state index is 0.205. The van der Waals surface area contributed by atoms with E-state index in [9.17, 15) is 9.59 Å². The van der Waals surface area contributed by atoms with Crippen molar-refractivity contribution in [3.8, 4) is 0 Å². The van der Waals surface area contributed by atoms with Crippen LogP contribution in [0.5, 0.6) is 0 Å². The second-order valence-corrected chi connectivity index (χ2v) is 5.92. The summed E-state index contributed by atoms with van der Waals surface area (Å²) in [6, 6.07) is 6.57. The number of pyridine rings is 1. The number of nitrogens with two attached hydrogens (primary N) is 1. The third-order valence-corrected chi connectivity index (χ3v) is 3.70. The van der Waals surface area contributed by atoms with Crippen molar-refractivity contribution in [2.45, 2.75) is 0 Å². The highest BCUT2D eigenvalue weighted by atomic mass is 79.9. The number of carbonyl (C=O) groups is 1. The van der Waals surface area contributed by atoms with Crippen molar-refractivity contribution < 1.29 is 14.3 Å². The molecule has 0 bridgehead atoms. The Kier molecular flexibility index (Phi) is 7.38. The molecule has 7 nitrogen and oxygen atoms in total. The van der Waals surface area contributed by atoms with Crippen molar-refractivity contribution in [3.05, 3.63) is 44.7 Å². The maximum absolute atomic E-state index is 12.1. The average molecular weight is 398 g/mol. The molecule has 130 valence electrons. The highest BCUT2D eigenvalue weighted by Crippen LogP contribution is 2.15. The number of hydrogen-bond acceptors (Lipinski definition) is 5. The molecule has 0 spiro atoms. The molecule has 24 heavy (non-hydrogen) atoms. The third-order valence-electron chi connectivity index (χ3n) is 3.20. The smallest absolute Gasteiger partial charge is 0.267 e. The number of fused-ring (bicyclic) bond motifs is 1. The SMILES string of the molecule is NCCOCCOCCNC(=O)c1cc(=O)c2cc(Br)ccc2[nH]1. The minimum atomic E-state index is -0.347. The molecule has 0 fully saturated rings. The van der Waals surface area contributed by atoms with Crippen LogP contribution in [0.3, 0.4) is 0 Å². The number of ether oxygens (including phenoxy) is 2. The largest absolute Gasteiger partial charge is 0.378 e. The molecule has 1 aromatic heterocycles. The van der Waals surface area contributed by atoms with Gasteiger partial charge in [0.15, 0.2) is 5.43 Å². The van der Waals surface area contributed by atoms with Crippen molar-refractivity contribution in [2.24, 2.45) is 5.73 Å². The van der Waals surface area contributed by atoms with Crippen LogP contribution in [-0.4, -0.2) is 50.4 Å². The van der Waals surface area contributed by atoms with Crippen LogP contribution in [0.4, 0.5) is 0 Å². The summed E-state index contributed by atoms with van der Waals surface area (Å²) >= 11 is 3.32. The summed E-state index contributed by atoms with van der Waals surface area (Å²) in [5, 5.41) is 3.23. The van der Waals surface area contributed by atoms with Crippen LogP contribution in [0.1, 0.15) is 10.5 Å². The third kappa shape index (κ3) is 5.41. The molecule has 2 aromatic rings. The first-order chi connectivity index (χ1) is 11.6. The van der Waals surface area contributed by atoms with E-state index in [1.54, 1.807) is 18.2 Å².